The van der Waals surface area contributed by atoms with Crippen molar-refractivity contribution < 1.29 is 40.8 Å². The molecule has 180 valence electrons. The van der Waals surface area contributed by atoms with Gasteiger partial charge in [0.25, 0.3) is 5.91 Å². The van der Waals surface area contributed by atoms with Crippen LogP contribution in [-0.4, -0.2) is 24.0 Å². The zero-order valence-electron chi connectivity index (χ0n) is 18.3. The van der Waals surface area contributed by atoms with Crippen LogP contribution in [0.15, 0.2) is 0 Å². The van der Waals surface area contributed by atoms with E-state index in [1.807, 2.05) is 13.8 Å². The van der Waals surface area contributed by atoms with Gasteiger partial charge in [0.1, 0.15) is 16.1 Å². The molecule has 1 aliphatic heterocycles. The van der Waals surface area contributed by atoms with Crippen LogP contribution in [0.3, 0.4) is 0 Å². The maximum Gasteiger partial charge on any atom is 0.341 e. The number of anilines is 1. The lowest BCUT2D eigenvalue weighted by molar-refractivity contribution is 0.0524. The number of carbonyl (C=O) groups is 2. The van der Waals surface area contributed by atoms with Crippen molar-refractivity contribution >= 4 is 28.2 Å². The first-order valence-corrected chi connectivity index (χ1v) is 10.6. The third-order valence-corrected chi connectivity index (χ3v) is 6.60. The van der Waals surface area contributed by atoms with E-state index in [4.69, 9.17) is 4.74 Å². The molecule has 2 aromatic rings. The Morgan fingerprint density at radius 1 is 0.970 bits per heavy atom. The van der Waals surface area contributed by atoms with Gasteiger partial charge in [0.2, 0.25) is 5.82 Å². The average molecular weight is 494 g/mol. The third kappa shape index (κ3) is 4.10. The molecule has 0 radical (unpaired) electrons. The summed E-state index contributed by atoms with van der Waals surface area (Å²) in [6, 6.07) is 0. The van der Waals surface area contributed by atoms with Gasteiger partial charge < -0.3 is 10.1 Å². The number of halogens is 6. The number of amides is 1. The molecule has 0 unspecified atom stereocenters. The van der Waals surface area contributed by atoms with Crippen molar-refractivity contribution in [1.29, 1.82) is 0 Å². The molecule has 1 amide bonds. The number of rotatable bonds is 4. The summed E-state index contributed by atoms with van der Waals surface area (Å²) in [6.07, 6.45) is 0.209. The van der Waals surface area contributed by atoms with Crippen molar-refractivity contribution in [2.24, 2.45) is 0 Å². The summed E-state index contributed by atoms with van der Waals surface area (Å²) >= 11 is 0.638. The fourth-order valence-electron chi connectivity index (χ4n) is 4.05. The fourth-order valence-corrected chi connectivity index (χ4v) is 5.32. The molecule has 1 aromatic heterocycles. The number of carbonyl (C=O) groups excluding carboxylic acids is 2. The van der Waals surface area contributed by atoms with E-state index < -0.39 is 67.7 Å². The largest absolute Gasteiger partial charge is 0.462 e. The molecule has 0 aliphatic carbocycles. The predicted molar refractivity (Wildman–Crippen MR) is 108 cm³/mol. The Bertz CT molecular complexity index is 1130. The highest BCUT2D eigenvalue weighted by molar-refractivity contribution is 7.17. The Morgan fingerprint density at radius 3 is 2.00 bits per heavy atom. The van der Waals surface area contributed by atoms with Gasteiger partial charge >= 0.3 is 5.97 Å². The molecule has 0 saturated heterocycles. The van der Waals surface area contributed by atoms with Gasteiger partial charge in [-0.2, -0.15) is 0 Å². The molecular weight excluding hydrogens is 474 g/mol. The molecule has 2 heterocycles. The second-order valence-corrected chi connectivity index (χ2v) is 9.65. The van der Waals surface area contributed by atoms with E-state index in [-0.39, 0.29) is 18.6 Å². The van der Waals surface area contributed by atoms with Crippen molar-refractivity contribution in [3.05, 3.63) is 50.7 Å². The zero-order valence-corrected chi connectivity index (χ0v) is 19.1. The van der Waals surface area contributed by atoms with E-state index >= 15 is 4.48 Å². The van der Waals surface area contributed by atoms with Crippen LogP contribution in [0.25, 0.3) is 0 Å². The normalized spacial score (nSPS) is 16.3. The van der Waals surface area contributed by atoms with E-state index in [0.29, 0.717) is 21.8 Å². The van der Waals surface area contributed by atoms with Gasteiger partial charge in [0.15, 0.2) is 23.3 Å². The average Bonchev–Trinajstić information content (AvgIpc) is 3.09. The van der Waals surface area contributed by atoms with Crippen LogP contribution in [0.2, 0.25) is 0 Å². The fraction of sp³-hybridized carbons (Fsp3) is 0.429. The summed E-state index contributed by atoms with van der Waals surface area (Å²) in [7, 11) is 0. The summed E-state index contributed by atoms with van der Waals surface area (Å²) in [4.78, 5) is 25.8. The van der Waals surface area contributed by atoms with Gasteiger partial charge in [-0.25, -0.2) is 26.7 Å². The molecule has 0 atom stereocenters. The van der Waals surface area contributed by atoms with Gasteiger partial charge in [0, 0.05) is 16.0 Å². The second kappa shape index (κ2) is 8.32. The first-order chi connectivity index (χ1) is 15.1. The summed E-state index contributed by atoms with van der Waals surface area (Å²) in [5.41, 5.74) is -3.35. The van der Waals surface area contributed by atoms with Crippen LogP contribution in [0.4, 0.5) is 31.4 Å². The first-order valence-electron chi connectivity index (χ1n) is 9.78. The van der Waals surface area contributed by atoms with Crippen molar-refractivity contribution in [2.75, 3.05) is 11.7 Å². The molecule has 0 bridgehead atoms. The minimum Gasteiger partial charge on any atom is -0.462 e. The smallest absolute Gasteiger partial charge is 0.341 e. The Kier molecular flexibility index (Phi) is 6.31. The van der Waals surface area contributed by atoms with Gasteiger partial charge in [-0.15, -0.1) is 16.5 Å². The predicted octanol–water partition coefficient (Wildman–Crippen LogP) is 5.31. The number of ether oxygens (including phenoxy) is 1. The van der Waals surface area contributed by atoms with Crippen LogP contribution in [0.1, 0.15) is 65.8 Å². The molecule has 3 rings (SSSR count). The Hall–Kier alpha value is -2.60. The summed E-state index contributed by atoms with van der Waals surface area (Å²) in [5, 5.41) is 1.85. The van der Waals surface area contributed by atoms with E-state index in [1.165, 1.54) is 6.92 Å². The lowest BCUT2D eigenvalue weighted by Crippen LogP contribution is -2.55. The van der Waals surface area contributed by atoms with Gasteiger partial charge in [-0.3, -0.25) is 4.79 Å². The molecule has 1 N–H and O–H groups in total. The number of benzene rings is 1. The topological polar surface area (TPSA) is 58.6 Å². The van der Waals surface area contributed by atoms with Crippen molar-refractivity contribution in [2.45, 2.75) is 52.1 Å². The SMILES string of the molecule is CCOC(=O)c1c(N(F)C(=O)c2c(F)c(F)c(F)c(F)c2F)sc2c1CC(C)(C)NC2(C)C. The number of nitrogens with one attached hydrogen (secondary N) is 1. The molecule has 0 spiro atoms. The lowest BCUT2D eigenvalue weighted by Gasteiger charge is -2.42. The minimum atomic E-state index is -2.49. The highest BCUT2D eigenvalue weighted by Crippen LogP contribution is 2.47. The van der Waals surface area contributed by atoms with Crippen LogP contribution in [0, 0.1) is 29.1 Å². The van der Waals surface area contributed by atoms with Crippen LogP contribution in [0.5, 0.6) is 0 Å². The number of esters is 1. The number of fused-ring (bicyclic) bond motifs is 1. The maximum atomic E-state index is 15.3. The van der Waals surface area contributed by atoms with Gasteiger partial charge in [0.05, 0.1) is 6.61 Å². The second-order valence-electron chi connectivity index (χ2n) is 8.65. The molecule has 12 heteroatoms. The Balaban J connectivity index is 2.23. The summed E-state index contributed by atoms with van der Waals surface area (Å²) in [5.74, 6) is -15.4. The van der Waals surface area contributed by atoms with Crippen molar-refractivity contribution in [3.8, 4) is 0 Å². The third-order valence-electron chi connectivity index (χ3n) is 5.09. The van der Waals surface area contributed by atoms with Crippen molar-refractivity contribution in [1.82, 2.24) is 5.32 Å². The van der Waals surface area contributed by atoms with Crippen LogP contribution >= 0.6 is 11.3 Å². The molecule has 33 heavy (non-hydrogen) atoms. The quantitative estimate of drug-likeness (QED) is 0.206. The van der Waals surface area contributed by atoms with E-state index in [1.54, 1.807) is 13.8 Å². The molecule has 1 aliphatic rings. The highest BCUT2D eigenvalue weighted by atomic mass is 32.1. The lowest BCUT2D eigenvalue weighted by atomic mass is 9.81. The number of hydrogen-bond acceptors (Lipinski definition) is 5. The monoisotopic (exact) mass is 494 g/mol. The molecular formula is C21H20F6N2O3S. The standard InChI is InChI=1S/C21H20F6N2O3S/c1-6-32-19(31)9-8-7-20(2,3)28-21(4,5)16(8)33-18(9)29(27)17(30)10-11(22)13(24)15(26)14(25)12(10)23/h28H,6-7H2,1-5H3. The van der Waals surface area contributed by atoms with Crippen LogP contribution < -0.4 is 10.4 Å². The Morgan fingerprint density at radius 2 is 1.48 bits per heavy atom. The van der Waals surface area contributed by atoms with Gasteiger partial charge in [-0.1, -0.05) is 4.48 Å². The maximum absolute atomic E-state index is 15.3. The molecule has 5 nitrogen and oxygen atoms in total. The number of thiophene rings is 1. The van der Waals surface area contributed by atoms with Crippen LogP contribution in [-0.2, 0) is 16.7 Å². The highest BCUT2D eigenvalue weighted by Gasteiger charge is 2.44. The Labute approximate surface area is 189 Å². The number of nitrogens with zero attached hydrogens (tertiary/aromatic N) is 1. The van der Waals surface area contributed by atoms with E-state index in [2.05, 4.69) is 5.32 Å². The summed E-state index contributed by atoms with van der Waals surface area (Å²) in [6.45, 7) is 8.56. The summed E-state index contributed by atoms with van der Waals surface area (Å²) < 4.78 is 89.1. The first kappa shape index (κ1) is 25.0. The molecule has 1 aromatic carbocycles. The van der Waals surface area contributed by atoms with E-state index in [0.717, 1.165) is 0 Å². The molecule has 0 fully saturated rings. The zero-order chi connectivity index (χ0) is 25.0. The molecule has 0 saturated carbocycles. The van der Waals surface area contributed by atoms with Crippen molar-refractivity contribution in [3.63, 3.8) is 0 Å². The van der Waals surface area contributed by atoms with Gasteiger partial charge in [-0.05, 0) is 46.6 Å². The number of hydrogen-bond donors (Lipinski definition) is 1. The minimum absolute atomic E-state index is 0.0915. The van der Waals surface area contributed by atoms with E-state index in [9.17, 15) is 31.5 Å².